The SMILES string of the molecule is CC(=O)Oc1cc(OC(C)(C)C)c(OC(C)=O)c2ccccc12. The molecule has 0 radical (unpaired) electrons. The molecule has 0 saturated carbocycles. The van der Waals surface area contributed by atoms with Gasteiger partial charge in [-0.1, -0.05) is 24.3 Å². The van der Waals surface area contributed by atoms with Gasteiger partial charge in [-0.05, 0) is 20.8 Å². The minimum atomic E-state index is -0.509. The van der Waals surface area contributed by atoms with Gasteiger partial charge in [0, 0.05) is 30.7 Å². The molecule has 0 aliphatic carbocycles. The van der Waals surface area contributed by atoms with Crippen LogP contribution in [-0.4, -0.2) is 17.5 Å². The van der Waals surface area contributed by atoms with Crippen LogP contribution in [0.1, 0.15) is 34.6 Å². The minimum absolute atomic E-state index is 0.318. The Hall–Kier alpha value is -2.56. The van der Waals surface area contributed by atoms with Crippen molar-refractivity contribution in [2.45, 2.75) is 40.2 Å². The van der Waals surface area contributed by atoms with Crippen LogP contribution < -0.4 is 14.2 Å². The van der Waals surface area contributed by atoms with Gasteiger partial charge in [0.1, 0.15) is 11.4 Å². The zero-order valence-electron chi connectivity index (χ0n) is 13.9. The van der Waals surface area contributed by atoms with Gasteiger partial charge >= 0.3 is 11.9 Å². The average Bonchev–Trinajstić information content (AvgIpc) is 2.40. The lowest BCUT2D eigenvalue weighted by molar-refractivity contribution is -0.133. The highest BCUT2D eigenvalue weighted by Crippen LogP contribution is 2.43. The Kier molecular flexibility index (Phi) is 4.59. The summed E-state index contributed by atoms with van der Waals surface area (Å²) in [6, 6.07) is 8.79. The van der Waals surface area contributed by atoms with Crippen LogP contribution in [0.25, 0.3) is 10.8 Å². The Morgan fingerprint density at radius 1 is 0.870 bits per heavy atom. The molecule has 2 aromatic rings. The van der Waals surface area contributed by atoms with Crippen molar-refractivity contribution in [3.63, 3.8) is 0 Å². The van der Waals surface area contributed by atoms with E-state index in [1.165, 1.54) is 13.8 Å². The molecule has 0 aliphatic heterocycles. The summed E-state index contributed by atoms with van der Waals surface area (Å²) < 4.78 is 16.5. The summed E-state index contributed by atoms with van der Waals surface area (Å²) in [5, 5.41) is 1.31. The summed E-state index contributed by atoms with van der Waals surface area (Å²) in [7, 11) is 0. The number of ether oxygens (including phenoxy) is 3. The average molecular weight is 316 g/mol. The molecule has 5 heteroatoms. The number of esters is 2. The molecule has 0 atom stereocenters. The molecule has 122 valence electrons. The second-order valence-corrected chi connectivity index (χ2v) is 6.15. The second kappa shape index (κ2) is 6.28. The van der Waals surface area contributed by atoms with E-state index in [4.69, 9.17) is 14.2 Å². The van der Waals surface area contributed by atoms with Crippen LogP contribution >= 0.6 is 0 Å². The van der Waals surface area contributed by atoms with Gasteiger partial charge in [-0.3, -0.25) is 9.59 Å². The van der Waals surface area contributed by atoms with Crippen LogP contribution in [0.5, 0.6) is 17.2 Å². The molecule has 0 fully saturated rings. The van der Waals surface area contributed by atoms with Crippen LogP contribution in [0.2, 0.25) is 0 Å². The summed E-state index contributed by atoms with van der Waals surface area (Å²) in [6.07, 6.45) is 0. The van der Waals surface area contributed by atoms with Crippen molar-refractivity contribution < 1.29 is 23.8 Å². The second-order valence-electron chi connectivity index (χ2n) is 6.15. The molecule has 0 saturated heterocycles. The number of carbonyl (C=O) groups is 2. The van der Waals surface area contributed by atoms with E-state index in [0.717, 1.165) is 0 Å². The molecule has 23 heavy (non-hydrogen) atoms. The molecule has 0 N–H and O–H groups in total. The third-order valence-corrected chi connectivity index (χ3v) is 2.84. The van der Waals surface area contributed by atoms with Gasteiger partial charge in [-0.2, -0.15) is 0 Å². The first-order valence-corrected chi connectivity index (χ1v) is 7.29. The Morgan fingerprint density at radius 2 is 1.43 bits per heavy atom. The summed E-state index contributed by atoms with van der Waals surface area (Å²) in [6.45, 7) is 8.30. The minimum Gasteiger partial charge on any atom is -0.484 e. The van der Waals surface area contributed by atoms with Crippen LogP contribution in [0.3, 0.4) is 0 Å². The van der Waals surface area contributed by atoms with Crippen molar-refractivity contribution in [1.29, 1.82) is 0 Å². The predicted molar refractivity (Wildman–Crippen MR) is 86.9 cm³/mol. The van der Waals surface area contributed by atoms with Gasteiger partial charge in [-0.25, -0.2) is 0 Å². The summed E-state index contributed by atoms with van der Waals surface area (Å²) >= 11 is 0. The molecule has 0 bridgehead atoms. The Balaban J connectivity index is 2.73. The molecular formula is C18H20O5. The molecule has 0 aromatic heterocycles. The number of fused-ring (bicyclic) bond motifs is 1. The topological polar surface area (TPSA) is 61.8 Å². The van der Waals surface area contributed by atoms with Gasteiger partial charge in [0.15, 0.2) is 11.5 Å². The van der Waals surface area contributed by atoms with Crippen LogP contribution in [0.15, 0.2) is 30.3 Å². The van der Waals surface area contributed by atoms with Gasteiger partial charge in [0.05, 0.1) is 0 Å². The molecule has 0 heterocycles. The normalized spacial score (nSPS) is 11.2. The number of carbonyl (C=O) groups excluding carboxylic acids is 2. The van der Waals surface area contributed by atoms with E-state index in [9.17, 15) is 9.59 Å². The van der Waals surface area contributed by atoms with E-state index < -0.39 is 17.5 Å². The number of rotatable bonds is 3. The number of benzene rings is 2. The quantitative estimate of drug-likeness (QED) is 0.635. The summed E-state index contributed by atoms with van der Waals surface area (Å²) in [4.78, 5) is 22.8. The zero-order valence-corrected chi connectivity index (χ0v) is 13.9. The molecule has 5 nitrogen and oxygen atoms in total. The highest BCUT2D eigenvalue weighted by atomic mass is 16.6. The Bertz CT molecular complexity index is 756. The first kappa shape index (κ1) is 16.8. The molecule has 2 aromatic carbocycles. The fourth-order valence-electron chi connectivity index (χ4n) is 2.19. The van der Waals surface area contributed by atoms with Gasteiger partial charge < -0.3 is 14.2 Å². The summed E-state index contributed by atoms with van der Waals surface area (Å²) in [5.74, 6) is 0.149. The van der Waals surface area contributed by atoms with E-state index in [1.54, 1.807) is 18.2 Å². The number of hydrogen-bond acceptors (Lipinski definition) is 5. The van der Waals surface area contributed by atoms with E-state index in [0.29, 0.717) is 28.0 Å². The third-order valence-electron chi connectivity index (χ3n) is 2.84. The lowest BCUT2D eigenvalue weighted by atomic mass is 10.1. The highest BCUT2D eigenvalue weighted by Gasteiger charge is 2.22. The predicted octanol–water partition coefficient (Wildman–Crippen LogP) is 3.87. The number of hydrogen-bond donors (Lipinski definition) is 0. The maximum absolute atomic E-state index is 11.5. The largest absolute Gasteiger partial charge is 0.484 e. The lowest BCUT2D eigenvalue weighted by Crippen LogP contribution is -2.23. The van der Waals surface area contributed by atoms with Crippen molar-refractivity contribution in [1.82, 2.24) is 0 Å². The fourth-order valence-corrected chi connectivity index (χ4v) is 2.19. The standard InChI is InChI=1S/C18H20O5/c1-11(19)21-15-10-16(23-18(3,4)5)17(22-12(2)20)14-9-7-6-8-13(14)15/h6-10H,1-5H3. The first-order valence-electron chi connectivity index (χ1n) is 7.29. The van der Waals surface area contributed by atoms with E-state index in [1.807, 2.05) is 32.9 Å². The smallest absolute Gasteiger partial charge is 0.308 e. The lowest BCUT2D eigenvalue weighted by Gasteiger charge is -2.24. The maximum atomic E-state index is 11.5. The Morgan fingerprint density at radius 3 is 1.96 bits per heavy atom. The third kappa shape index (κ3) is 4.22. The van der Waals surface area contributed by atoms with Crippen LogP contribution in [0.4, 0.5) is 0 Å². The summed E-state index contributed by atoms with van der Waals surface area (Å²) in [5.41, 5.74) is -0.509. The van der Waals surface area contributed by atoms with E-state index >= 15 is 0 Å². The monoisotopic (exact) mass is 316 g/mol. The van der Waals surface area contributed by atoms with Crippen LogP contribution in [-0.2, 0) is 9.59 Å². The van der Waals surface area contributed by atoms with Crippen molar-refractivity contribution in [2.24, 2.45) is 0 Å². The molecule has 0 spiro atoms. The maximum Gasteiger partial charge on any atom is 0.308 e. The highest BCUT2D eigenvalue weighted by molar-refractivity contribution is 5.98. The molecule has 0 amide bonds. The molecule has 0 unspecified atom stereocenters. The van der Waals surface area contributed by atoms with Gasteiger partial charge in [-0.15, -0.1) is 0 Å². The van der Waals surface area contributed by atoms with E-state index in [-0.39, 0.29) is 0 Å². The van der Waals surface area contributed by atoms with Crippen LogP contribution in [0, 0.1) is 0 Å². The van der Waals surface area contributed by atoms with Crippen molar-refractivity contribution in [2.75, 3.05) is 0 Å². The van der Waals surface area contributed by atoms with Crippen molar-refractivity contribution >= 4 is 22.7 Å². The first-order chi connectivity index (χ1) is 10.7. The Labute approximate surface area is 135 Å². The van der Waals surface area contributed by atoms with E-state index in [2.05, 4.69) is 0 Å². The molecule has 0 aliphatic rings. The van der Waals surface area contributed by atoms with Gasteiger partial charge in [0.2, 0.25) is 0 Å². The molecular weight excluding hydrogens is 296 g/mol. The fraction of sp³-hybridized carbons (Fsp3) is 0.333. The molecule has 2 rings (SSSR count). The zero-order chi connectivity index (χ0) is 17.2. The van der Waals surface area contributed by atoms with Gasteiger partial charge in [0.25, 0.3) is 0 Å². The van der Waals surface area contributed by atoms with Crippen molar-refractivity contribution in [3.8, 4) is 17.2 Å². The van der Waals surface area contributed by atoms with Crippen molar-refractivity contribution in [3.05, 3.63) is 30.3 Å².